The van der Waals surface area contributed by atoms with Gasteiger partial charge in [-0.2, -0.15) is 0 Å². The molecule has 74 valence electrons. The number of rotatable bonds is 2. The van der Waals surface area contributed by atoms with Gasteiger partial charge in [-0.1, -0.05) is 36.4 Å². The average Bonchev–Trinajstić information content (AvgIpc) is 2.18. The first-order chi connectivity index (χ1) is 6.74. The van der Waals surface area contributed by atoms with Crippen LogP contribution in [0.5, 0.6) is 0 Å². The lowest BCUT2D eigenvalue weighted by Gasteiger charge is -1.97. The maximum Gasteiger partial charge on any atom is 0.0580 e. The van der Waals surface area contributed by atoms with E-state index in [4.69, 9.17) is 11.6 Å². The van der Waals surface area contributed by atoms with Crippen molar-refractivity contribution in [1.29, 1.82) is 0 Å². The van der Waals surface area contributed by atoms with Crippen molar-refractivity contribution >= 4 is 11.6 Å². The Hall–Kier alpha value is -0.970. The van der Waals surface area contributed by atoms with Crippen molar-refractivity contribution in [3.63, 3.8) is 0 Å². The van der Waals surface area contributed by atoms with Gasteiger partial charge in [0.25, 0.3) is 0 Å². The highest BCUT2D eigenvalue weighted by atomic mass is 35.5. The molecule has 0 bridgehead atoms. The van der Waals surface area contributed by atoms with Gasteiger partial charge in [0.1, 0.15) is 0 Å². The van der Waals surface area contributed by atoms with Crippen LogP contribution in [0, 0.1) is 18.8 Å². The molecular formula is C12H14ClN. The number of hydrogen-bond acceptors (Lipinski definition) is 1. The number of hydrogen-bond donors (Lipinski definition) is 1. The van der Waals surface area contributed by atoms with Crippen LogP contribution in [0.1, 0.15) is 18.1 Å². The van der Waals surface area contributed by atoms with E-state index in [1.165, 1.54) is 5.56 Å². The third-order valence-corrected chi connectivity index (χ3v) is 2.14. The quantitative estimate of drug-likeness (QED) is 0.581. The zero-order valence-electron chi connectivity index (χ0n) is 8.52. The minimum Gasteiger partial charge on any atom is -0.306 e. The highest BCUT2D eigenvalue weighted by Crippen LogP contribution is 2.15. The Morgan fingerprint density at radius 2 is 2.21 bits per heavy atom. The molecule has 0 aliphatic carbocycles. The van der Waals surface area contributed by atoms with Crippen LogP contribution in [-0.4, -0.2) is 13.1 Å². The van der Waals surface area contributed by atoms with Crippen LogP contribution in [-0.2, 0) is 0 Å². The fourth-order valence-electron chi connectivity index (χ4n) is 1.06. The fourth-order valence-corrected chi connectivity index (χ4v) is 1.23. The van der Waals surface area contributed by atoms with E-state index in [-0.39, 0.29) is 0 Å². The summed E-state index contributed by atoms with van der Waals surface area (Å²) in [5, 5.41) is 3.86. The summed E-state index contributed by atoms with van der Waals surface area (Å²) >= 11 is 5.99. The second kappa shape index (κ2) is 5.70. The third-order valence-electron chi connectivity index (χ3n) is 1.81. The standard InChI is InChI=1S/C12H14ClN/c1-3-14-8-4-5-11-9-10(2)6-7-12(11)13/h6-7,9,14H,3,8H2,1-2H3. The van der Waals surface area contributed by atoms with Crippen molar-refractivity contribution in [2.75, 3.05) is 13.1 Å². The SMILES string of the molecule is CCNCC#Cc1cc(C)ccc1Cl. The van der Waals surface area contributed by atoms with Crippen LogP contribution >= 0.6 is 11.6 Å². The Kier molecular flexibility index (Phi) is 4.52. The van der Waals surface area contributed by atoms with E-state index in [1.54, 1.807) is 0 Å². The Labute approximate surface area is 90.5 Å². The second-order valence-electron chi connectivity index (χ2n) is 3.07. The molecule has 14 heavy (non-hydrogen) atoms. The number of aryl methyl sites for hydroxylation is 1. The van der Waals surface area contributed by atoms with Gasteiger partial charge in [0.05, 0.1) is 11.6 Å². The van der Waals surface area contributed by atoms with Crippen LogP contribution < -0.4 is 5.32 Å². The molecule has 2 heteroatoms. The van der Waals surface area contributed by atoms with E-state index in [1.807, 2.05) is 25.1 Å². The minimum atomic E-state index is 0.709. The van der Waals surface area contributed by atoms with Crippen molar-refractivity contribution in [3.8, 4) is 11.8 Å². The molecule has 0 fully saturated rings. The van der Waals surface area contributed by atoms with E-state index in [0.717, 1.165) is 17.1 Å². The topological polar surface area (TPSA) is 12.0 Å². The number of nitrogens with one attached hydrogen (secondary N) is 1. The van der Waals surface area contributed by atoms with Gasteiger partial charge in [0, 0.05) is 5.56 Å². The summed E-state index contributed by atoms with van der Waals surface area (Å²) < 4.78 is 0. The Morgan fingerprint density at radius 3 is 2.93 bits per heavy atom. The molecule has 0 unspecified atom stereocenters. The molecule has 0 amide bonds. The van der Waals surface area contributed by atoms with Gasteiger partial charge < -0.3 is 5.32 Å². The average molecular weight is 208 g/mol. The first kappa shape index (κ1) is 11.1. The van der Waals surface area contributed by atoms with Crippen molar-refractivity contribution in [2.45, 2.75) is 13.8 Å². The fraction of sp³-hybridized carbons (Fsp3) is 0.333. The van der Waals surface area contributed by atoms with Gasteiger partial charge in [0.2, 0.25) is 0 Å². The van der Waals surface area contributed by atoms with E-state index in [0.29, 0.717) is 6.54 Å². The summed E-state index contributed by atoms with van der Waals surface area (Å²) in [6.45, 7) is 5.74. The molecule has 0 saturated heterocycles. The van der Waals surface area contributed by atoms with Gasteiger partial charge in [-0.05, 0) is 31.2 Å². The minimum absolute atomic E-state index is 0.709. The summed E-state index contributed by atoms with van der Waals surface area (Å²) in [4.78, 5) is 0. The third kappa shape index (κ3) is 3.41. The molecule has 0 aliphatic heterocycles. The molecular weight excluding hydrogens is 194 g/mol. The number of benzene rings is 1. The molecule has 0 aliphatic rings. The first-order valence-corrected chi connectivity index (χ1v) is 5.07. The molecule has 1 nitrogen and oxygen atoms in total. The lowest BCUT2D eigenvalue weighted by atomic mass is 10.1. The molecule has 0 atom stereocenters. The van der Waals surface area contributed by atoms with Crippen LogP contribution in [0.2, 0.25) is 5.02 Å². The first-order valence-electron chi connectivity index (χ1n) is 4.69. The summed E-state index contributed by atoms with van der Waals surface area (Å²) in [6.07, 6.45) is 0. The lowest BCUT2D eigenvalue weighted by Crippen LogP contribution is -2.11. The summed E-state index contributed by atoms with van der Waals surface area (Å²) in [7, 11) is 0. The van der Waals surface area contributed by atoms with Gasteiger partial charge in [-0.15, -0.1) is 0 Å². The van der Waals surface area contributed by atoms with E-state index in [2.05, 4.69) is 24.1 Å². The Morgan fingerprint density at radius 1 is 1.43 bits per heavy atom. The molecule has 0 saturated carbocycles. The smallest absolute Gasteiger partial charge is 0.0580 e. The molecule has 1 rings (SSSR count). The molecule has 0 radical (unpaired) electrons. The molecule has 1 aromatic carbocycles. The van der Waals surface area contributed by atoms with Crippen molar-refractivity contribution in [2.24, 2.45) is 0 Å². The maximum absolute atomic E-state index is 5.99. The highest BCUT2D eigenvalue weighted by Gasteiger charge is 1.95. The summed E-state index contributed by atoms with van der Waals surface area (Å²) in [5.41, 5.74) is 2.09. The van der Waals surface area contributed by atoms with E-state index in [9.17, 15) is 0 Å². The van der Waals surface area contributed by atoms with Crippen LogP contribution in [0.4, 0.5) is 0 Å². The van der Waals surface area contributed by atoms with Crippen molar-refractivity contribution < 1.29 is 0 Å². The Bertz CT molecular complexity index is 360. The lowest BCUT2D eigenvalue weighted by molar-refractivity contribution is 0.811. The molecule has 0 heterocycles. The number of halogens is 1. The van der Waals surface area contributed by atoms with Gasteiger partial charge >= 0.3 is 0 Å². The zero-order valence-corrected chi connectivity index (χ0v) is 9.28. The van der Waals surface area contributed by atoms with Gasteiger partial charge in [-0.25, -0.2) is 0 Å². The molecule has 0 spiro atoms. The normalized spacial score (nSPS) is 9.36. The summed E-state index contributed by atoms with van der Waals surface area (Å²) in [6, 6.07) is 5.87. The van der Waals surface area contributed by atoms with Crippen molar-refractivity contribution in [1.82, 2.24) is 5.32 Å². The predicted molar refractivity (Wildman–Crippen MR) is 61.6 cm³/mol. The van der Waals surface area contributed by atoms with Gasteiger partial charge in [-0.3, -0.25) is 0 Å². The van der Waals surface area contributed by atoms with Crippen LogP contribution in [0.3, 0.4) is 0 Å². The zero-order chi connectivity index (χ0) is 10.4. The monoisotopic (exact) mass is 207 g/mol. The molecule has 1 aromatic rings. The molecule has 0 aromatic heterocycles. The Balaban J connectivity index is 2.73. The second-order valence-corrected chi connectivity index (χ2v) is 3.47. The largest absolute Gasteiger partial charge is 0.306 e. The van der Waals surface area contributed by atoms with E-state index >= 15 is 0 Å². The highest BCUT2D eigenvalue weighted by molar-refractivity contribution is 6.31. The van der Waals surface area contributed by atoms with E-state index < -0.39 is 0 Å². The summed E-state index contributed by atoms with van der Waals surface area (Å²) in [5.74, 6) is 6.07. The predicted octanol–water partition coefficient (Wildman–Crippen LogP) is 2.61. The molecule has 1 N–H and O–H groups in total. The van der Waals surface area contributed by atoms with Crippen molar-refractivity contribution in [3.05, 3.63) is 34.3 Å². The van der Waals surface area contributed by atoms with Gasteiger partial charge in [0.15, 0.2) is 0 Å². The van der Waals surface area contributed by atoms with Crippen LogP contribution in [0.15, 0.2) is 18.2 Å². The van der Waals surface area contributed by atoms with Crippen LogP contribution in [0.25, 0.3) is 0 Å². The maximum atomic E-state index is 5.99.